The molecule has 110 valence electrons. The molecule has 0 spiro atoms. The number of amides is 1. The van der Waals surface area contributed by atoms with Gasteiger partial charge in [-0.05, 0) is 18.9 Å². The second-order valence-corrected chi connectivity index (χ2v) is 4.88. The zero-order chi connectivity index (χ0) is 15.0. The van der Waals surface area contributed by atoms with E-state index in [0.29, 0.717) is 25.0 Å². The molecule has 1 rings (SSSR count). The molecule has 0 aliphatic rings. The number of ether oxygens (including phenoxy) is 1. The smallest absolute Gasteiger partial charge is 0.315 e. The number of rotatable bonds is 8. The fourth-order valence-corrected chi connectivity index (χ4v) is 1.85. The van der Waals surface area contributed by atoms with Gasteiger partial charge in [0.25, 0.3) is 0 Å². The van der Waals surface area contributed by atoms with Gasteiger partial charge in [0, 0.05) is 26.7 Å². The van der Waals surface area contributed by atoms with E-state index in [1.54, 1.807) is 38.3 Å². The second-order valence-electron chi connectivity index (χ2n) is 4.88. The van der Waals surface area contributed by atoms with Crippen molar-refractivity contribution in [2.75, 3.05) is 20.3 Å². The molecule has 1 aromatic carbocycles. The number of hydrogen-bond acceptors (Lipinski definition) is 3. The zero-order valence-electron chi connectivity index (χ0n) is 11.9. The van der Waals surface area contributed by atoms with E-state index in [1.165, 1.54) is 0 Å². The highest BCUT2D eigenvalue weighted by molar-refractivity contribution is 5.83. The molecule has 0 aromatic heterocycles. The molecule has 0 aliphatic heterocycles. The Hall–Kier alpha value is -1.88. The molecule has 5 nitrogen and oxygen atoms in total. The maximum Gasteiger partial charge on any atom is 0.315 e. The lowest BCUT2D eigenvalue weighted by Gasteiger charge is -2.25. The molecule has 5 heteroatoms. The summed E-state index contributed by atoms with van der Waals surface area (Å²) in [5.41, 5.74) is -0.456. The summed E-state index contributed by atoms with van der Waals surface area (Å²) in [6.07, 6.45) is 0.954. The normalized spacial score (nSPS) is 13.5. The fourth-order valence-electron chi connectivity index (χ4n) is 1.85. The quantitative estimate of drug-likeness (QED) is 0.708. The molecular weight excluding hydrogens is 258 g/mol. The van der Waals surface area contributed by atoms with Gasteiger partial charge in [-0.1, -0.05) is 30.3 Å². The predicted molar refractivity (Wildman–Crippen MR) is 75.5 cm³/mol. The van der Waals surface area contributed by atoms with Crippen LogP contribution in [0.5, 0.6) is 0 Å². The van der Waals surface area contributed by atoms with E-state index < -0.39 is 11.4 Å². The van der Waals surface area contributed by atoms with Gasteiger partial charge in [-0.3, -0.25) is 9.59 Å². The number of aliphatic carboxylic acids is 1. The molecule has 0 heterocycles. The van der Waals surface area contributed by atoms with Crippen LogP contribution in [0.4, 0.5) is 0 Å². The van der Waals surface area contributed by atoms with Crippen LogP contribution in [0.3, 0.4) is 0 Å². The van der Waals surface area contributed by atoms with Crippen LogP contribution in [0.25, 0.3) is 0 Å². The minimum atomic E-state index is -1.13. The molecule has 0 saturated carbocycles. The third-order valence-electron chi connectivity index (χ3n) is 3.27. The lowest BCUT2D eigenvalue weighted by Crippen LogP contribution is -2.44. The topological polar surface area (TPSA) is 75.6 Å². The number of methoxy groups -OCH3 is 1. The summed E-state index contributed by atoms with van der Waals surface area (Å²) in [5, 5.41) is 12.1. The van der Waals surface area contributed by atoms with Crippen LogP contribution in [-0.4, -0.2) is 37.2 Å². The van der Waals surface area contributed by atoms with Crippen molar-refractivity contribution in [2.24, 2.45) is 0 Å². The monoisotopic (exact) mass is 279 g/mol. The van der Waals surface area contributed by atoms with E-state index in [1.807, 2.05) is 6.07 Å². The number of carbonyl (C=O) groups is 2. The SMILES string of the molecule is COCCCC(=O)NCC(C)(C(=O)O)c1ccccc1. The van der Waals surface area contributed by atoms with Gasteiger partial charge in [-0.15, -0.1) is 0 Å². The lowest BCUT2D eigenvalue weighted by molar-refractivity contribution is -0.143. The molecule has 0 fully saturated rings. The highest BCUT2D eigenvalue weighted by Gasteiger charge is 2.35. The number of benzene rings is 1. The van der Waals surface area contributed by atoms with Gasteiger partial charge < -0.3 is 15.2 Å². The first kappa shape index (κ1) is 16.2. The summed E-state index contributed by atoms with van der Waals surface area (Å²) in [6.45, 7) is 2.20. The number of nitrogens with one attached hydrogen (secondary N) is 1. The van der Waals surface area contributed by atoms with E-state index in [-0.39, 0.29) is 12.5 Å². The Morgan fingerprint density at radius 2 is 1.95 bits per heavy atom. The van der Waals surface area contributed by atoms with Gasteiger partial charge >= 0.3 is 5.97 Å². The van der Waals surface area contributed by atoms with Crippen molar-refractivity contribution in [1.82, 2.24) is 5.32 Å². The zero-order valence-corrected chi connectivity index (χ0v) is 11.9. The minimum absolute atomic E-state index is 0.0676. The maximum atomic E-state index is 11.7. The van der Waals surface area contributed by atoms with Crippen LogP contribution >= 0.6 is 0 Å². The van der Waals surface area contributed by atoms with E-state index in [9.17, 15) is 14.7 Å². The van der Waals surface area contributed by atoms with Crippen LogP contribution in [0.1, 0.15) is 25.3 Å². The van der Waals surface area contributed by atoms with Crippen LogP contribution in [0.2, 0.25) is 0 Å². The van der Waals surface area contributed by atoms with Crippen LogP contribution in [0.15, 0.2) is 30.3 Å². The summed E-state index contributed by atoms with van der Waals surface area (Å²) in [4.78, 5) is 23.2. The van der Waals surface area contributed by atoms with Gasteiger partial charge in [0.05, 0.1) is 0 Å². The Morgan fingerprint density at radius 1 is 1.30 bits per heavy atom. The Labute approximate surface area is 118 Å². The standard InChI is InChI=1S/C15H21NO4/c1-15(14(18)19,12-7-4-3-5-8-12)11-16-13(17)9-6-10-20-2/h3-5,7-8H,6,9-11H2,1-2H3,(H,16,17)(H,18,19). The number of carboxylic acid groups (broad SMARTS) is 1. The van der Waals surface area contributed by atoms with Gasteiger partial charge in [0.15, 0.2) is 0 Å². The van der Waals surface area contributed by atoms with E-state index >= 15 is 0 Å². The summed E-state index contributed by atoms with van der Waals surface area (Å²) < 4.78 is 4.87. The average molecular weight is 279 g/mol. The number of hydrogen-bond donors (Lipinski definition) is 2. The molecule has 2 N–H and O–H groups in total. The molecule has 0 bridgehead atoms. The fraction of sp³-hybridized carbons (Fsp3) is 0.467. The first-order chi connectivity index (χ1) is 9.50. The molecule has 1 amide bonds. The Kier molecular flexibility index (Phi) is 6.18. The number of carboxylic acids is 1. The van der Waals surface area contributed by atoms with Gasteiger partial charge in [-0.25, -0.2) is 0 Å². The Morgan fingerprint density at radius 3 is 2.50 bits per heavy atom. The summed E-state index contributed by atoms with van der Waals surface area (Å²) in [5.74, 6) is -1.12. The van der Waals surface area contributed by atoms with Crippen molar-refractivity contribution in [3.05, 3.63) is 35.9 Å². The molecule has 1 atom stereocenters. The van der Waals surface area contributed by atoms with Crippen molar-refractivity contribution < 1.29 is 19.4 Å². The summed E-state index contributed by atoms with van der Waals surface area (Å²) >= 11 is 0. The second kappa shape index (κ2) is 7.65. The van der Waals surface area contributed by atoms with Crippen LogP contribution < -0.4 is 5.32 Å². The van der Waals surface area contributed by atoms with Crippen molar-refractivity contribution in [2.45, 2.75) is 25.2 Å². The van der Waals surface area contributed by atoms with Crippen molar-refractivity contribution in [3.8, 4) is 0 Å². The van der Waals surface area contributed by atoms with Gasteiger partial charge in [0.2, 0.25) is 5.91 Å². The molecule has 20 heavy (non-hydrogen) atoms. The van der Waals surface area contributed by atoms with E-state index in [2.05, 4.69) is 5.32 Å². The van der Waals surface area contributed by atoms with Crippen LogP contribution in [0, 0.1) is 0 Å². The summed E-state index contributed by atoms with van der Waals surface area (Å²) in [6, 6.07) is 8.92. The summed E-state index contributed by atoms with van der Waals surface area (Å²) in [7, 11) is 1.58. The molecule has 0 aliphatic carbocycles. The number of carbonyl (C=O) groups excluding carboxylic acids is 1. The highest BCUT2D eigenvalue weighted by atomic mass is 16.5. The Balaban J connectivity index is 2.65. The average Bonchev–Trinajstić information content (AvgIpc) is 2.45. The molecule has 0 saturated heterocycles. The van der Waals surface area contributed by atoms with Crippen LogP contribution in [-0.2, 0) is 19.7 Å². The minimum Gasteiger partial charge on any atom is -0.481 e. The van der Waals surface area contributed by atoms with Crippen molar-refractivity contribution in [1.29, 1.82) is 0 Å². The third-order valence-corrected chi connectivity index (χ3v) is 3.27. The van der Waals surface area contributed by atoms with E-state index in [0.717, 1.165) is 0 Å². The first-order valence-electron chi connectivity index (χ1n) is 6.55. The first-order valence-corrected chi connectivity index (χ1v) is 6.55. The predicted octanol–water partition coefficient (Wildman–Crippen LogP) is 1.57. The molecule has 1 unspecified atom stereocenters. The van der Waals surface area contributed by atoms with Crippen molar-refractivity contribution >= 4 is 11.9 Å². The molecule has 0 radical (unpaired) electrons. The molecule has 1 aromatic rings. The van der Waals surface area contributed by atoms with Gasteiger partial charge in [0.1, 0.15) is 5.41 Å². The highest BCUT2D eigenvalue weighted by Crippen LogP contribution is 2.23. The Bertz CT molecular complexity index is 446. The maximum absolute atomic E-state index is 11.7. The van der Waals surface area contributed by atoms with Gasteiger partial charge in [-0.2, -0.15) is 0 Å². The van der Waals surface area contributed by atoms with E-state index in [4.69, 9.17) is 4.74 Å². The largest absolute Gasteiger partial charge is 0.481 e. The van der Waals surface area contributed by atoms with Crippen molar-refractivity contribution in [3.63, 3.8) is 0 Å². The third kappa shape index (κ3) is 4.35. The lowest BCUT2D eigenvalue weighted by atomic mass is 9.82. The molecular formula is C15H21NO4.